The highest BCUT2D eigenvalue weighted by Gasteiger charge is 2.35. The van der Waals surface area contributed by atoms with Gasteiger partial charge in [-0.3, -0.25) is 0 Å². The summed E-state index contributed by atoms with van der Waals surface area (Å²) in [7, 11) is 0. The van der Waals surface area contributed by atoms with Crippen LogP contribution in [0.1, 0.15) is 25.0 Å². The Morgan fingerprint density at radius 3 is 1.90 bits per heavy atom. The van der Waals surface area contributed by atoms with Gasteiger partial charge in [0.1, 0.15) is 0 Å². The third-order valence-corrected chi connectivity index (χ3v) is 10.7. The van der Waals surface area contributed by atoms with Crippen LogP contribution in [0.15, 0.2) is 170 Å². The van der Waals surface area contributed by atoms with Gasteiger partial charge in [-0.2, -0.15) is 0 Å². The van der Waals surface area contributed by atoms with Crippen LogP contribution in [0.4, 0.5) is 17.1 Å². The first-order chi connectivity index (χ1) is 24.1. The van der Waals surface area contributed by atoms with Crippen LogP contribution in [0.3, 0.4) is 0 Å². The van der Waals surface area contributed by atoms with Crippen molar-refractivity contribution in [2.24, 2.45) is 0 Å². The summed E-state index contributed by atoms with van der Waals surface area (Å²) in [6.07, 6.45) is 0. The van der Waals surface area contributed by atoms with Crippen LogP contribution >= 0.6 is 0 Å². The van der Waals surface area contributed by atoms with Gasteiger partial charge in [-0.05, 0) is 111 Å². The van der Waals surface area contributed by atoms with Crippen LogP contribution in [-0.4, -0.2) is 4.57 Å². The van der Waals surface area contributed by atoms with E-state index in [1.54, 1.807) is 0 Å². The standard InChI is InChI=1S/C47H34N2/c1-47(2)41-18-10-9-17-39(41)40-27-26-38(30-42(40)47)48(35-13-5-3-6-14-35)37-24-22-31(23-25-37)34-28-33-21-20-32-12-11-19-43-45(32)46(33)44(29-34)49(43)36-15-7-4-8-16-36/h3-30H,1-2H3. The maximum Gasteiger partial charge on any atom is 0.0553 e. The predicted molar refractivity (Wildman–Crippen MR) is 207 cm³/mol. The Hall–Kier alpha value is -6.12. The summed E-state index contributed by atoms with van der Waals surface area (Å²) in [4.78, 5) is 2.38. The average molecular weight is 627 g/mol. The molecular formula is C47H34N2. The van der Waals surface area contributed by atoms with Crippen molar-refractivity contribution < 1.29 is 0 Å². The molecule has 232 valence electrons. The first-order valence-electron chi connectivity index (χ1n) is 17.1. The van der Waals surface area contributed by atoms with Gasteiger partial charge in [-0.15, -0.1) is 0 Å². The van der Waals surface area contributed by atoms with E-state index < -0.39 is 0 Å². The Kier molecular flexibility index (Phi) is 5.95. The minimum atomic E-state index is -0.0650. The fourth-order valence-corrected chi connectivity index (χ4v) is 8.37. The van der Waals surface area contributed by atoms with Gasteiger partial charge in [0, 0.05) is 38.9 Å². The molecule has 0 fully saturated rings. The Morgan fingerprint density at radius 2 is 1.08 bits per heavy atom. The Labute approximate surface area is 286 Å². The Morgan fingerprint density at radius 1 is 0.429 bits per heavy atom. The second kappa shape index (κ2) is 10.4. The van der Waals surface area contributed by atoms with Crippen LogP contribution in [0, 0.1) is 0 Å². The number of hydrogen-bond acceptors (Lipinski definition) is 1. The second-order valence-corrected chi connectivity index (χ2v) is 13.8. The molecule has 0 spiro atoms. The summed E-state index contributed by atoms with van der Waals surface area (Å²) in [6, 6.07) is 62.3. The zero-order valence-electron chi connectivity index (χ0n) is 27.6. The van der Waals surface area contributed by atoms with Crippen LogP contribution in [0.2, 0.25) is 0 Å². The predicted octanol–water partition coefficient (Wildman–Crippen LogP) is 12.8. The van der Waals surface area contributed by atoms with Crippen LogP contribution < -0.4 is 4.90 Å². The topological polar surface area (TPSA) is 8.17 Å². The number of benzene rings is 8. The van der Waals surface area contributed by atoms with Crippen molar-refractivity contribution in [1.82, 2.24) is 4.57 Å². The minimum Gasteiger partial charge on any atom is -0.310 e. The van der Waals surface area contributed by atoms with E-state index in [1.807, 2.05) is 0 Å². The third-order valence-electron chi connectivity index (χ3n) is 10.7. The van der Waals surface area contributed by atoms with E-state index in [2.05, 4.69) is 193 Å². The number of nitrogens with zero attached hydrogens (tertiary/aromatic N) is 2. The van der Waals surface area contributed by atoms with Crippen LogP contribution in [0.5, 0.6) is 0 Å². The summed E-state index contributed by atoms with van der Waals surface area (Å²) < 4.78 is 2.42. The van der Waals surface area contributed by atoms with Crippen LogP contribution in [-0.2, 0) is 5.41 Å². The van der Waals surface area contributed by atoms with Gasteiger partial charge in [0.2, 0.25) is 0 Å². The molecule has 0 aliphatic heterocycles. The monoisotopic (exact) mass is 626 g/mol. The van der Waals surface area contributed by atoms with E-state index >= 15 is 0 Å². The lowest BCUT2D eigenvalue weighted by Crippen LogP contribution is -2.16. The number of hydrogen-bond donors (Lipinski definition) is 0. The fourth-order valence-electron chi connectivity index (χ4n) is 8.37. The molecule has 0 radical (unpaired) electrons. The third kappa shape index (κ3) is 4.14. The van der Waals surface area contributed by atoms with Crippen LogP contribution in [0.25, 0.3) is 60.5 Å². The van der Waals surface area contributed by atoms with E-state index in [0.29, 0.717) is 0 Å². The molecular weight excluding hydrogens is 593 g/mol. The average Bonchev–Trinajstić information content (AvgIpc) is 3.61. The quantitative estimate of drug-likeness (QED) is 0.173. The minimum absolute atomic E-state index is 0.0650. The van der Waals surface area contributed by atoms with Crippen molar-refractivity contribution in [2.45, 2.75) is 19.3 Å². The molecule has 2 heteroatoms. The van der Waals surface area contributed by atoms with Gasteiger partial charge < -0.3 is 9.47 Å². The van der Waals surface area contributed by atoms with Gasteiger partial charge in [0.25, 0.3) is 0 Å². The highest BCUT2D eigenvalue weighted by Crippen LogP contribution is 2.50. The zero-order valence-corrected chi connectivity index (χ0v) is 27.6. The molecule has 0 saturated carbocycles. The molecule has 8 aromatic carbocycles. The number of aromatic nitrogens is 1. The SMILES string of the molecule is CC1(C)c2ccccc2-c2ccc(N(c3ccccc3)c3ccc(-c4cc5ccc6cccc7c6c5c(c4)n7-c4ccccc4)cc3)cc21. The van der Waals surface area contributed by atoms with E-state index in [9.17, 15) is 0 Å². The van der Waals surface area contributed by atoms with Crippen molar-refractivity contribution in [1.29, 1.82) is 0 Å². The van der Waals surface area contributed by atoms with E-state index in [-0.39, 0.29) is 5.41 Å². The van der Waals surface area contributed by atoms with E-state index in [4.69, 9.17) is 0 Å². The Balaban J connectivity index is 1.11. The summed E-state index contributed by atoms with van der Waals surface area (Å²) in [6.45, 7) is 4.70. The summed E-state index contributed by atoms with van der Waals surface area (Å²) in [5.74, 6) is 0. The number of fused-ring (bicyclic) bond motifs is 3. The van der Waals surface area contributed by atoms with Crippen molar-refractivity contribution in [3.63, 3.8) is 0 Å². The van der Waals surface area contributed by atoms with Crippen molar-refractivity contribution in [3.05, 3.63) is 181 Å². The largest absolute Gasteiger partial charge is 0.310 e. The summed E-state index contributed by atoms with van der Waals surface area (Å²) in [5.41, 5.74) is 14.9. The van der Waals surface area contributed by atoms with Gasteiger partial charge in [0.05, 0.1) is 11.0 Å². The van der Waals surface area contributed by atoms with Crippen molar-refractivity contribution >= 4 is 49.6 Å². The molecule has 0 saturated heterocycles. The molecule has 10 rings (SSSR count). The maximum atomic E-state index is 2.42. The molecule has 0 atom stereocenters. The first-order valence-corrected chi connectivity index (χ1v) is 17.1. The lowest BCUT2D eigenvalue weighted by atomic mass is 9.82. The maximum absolute atomic E-state index is 2.42. The lowest BCUT2D eigenvalue weighted by molar-refractivity contribution is 0.660. The molecule has 0 bridgehead atoms. The fraction of sp³-hybridized carbons (Fsp3) is 0.0638. The molecule has 1 heterocycles. The highest BCUT2D eigenvalue weighted by atomic mass is 15.1. The molecule has 0 unspecified atom stereocenters. The smallest absolute Gasteiger partial charge is 0.0553 e. The molecule has 9 aromatic rings. The van der Waals surface area contributed by atoms with Gasteiger partial charge >= 0.3 is 0 Å². The summed E-state index contributed by atoms with van der Waals surface area (Å²) in [5, 5.41) is 5.21. The van der Waals surface area contributed by atoms with E-state index in [0.717, 1.165) is 17.1 Å². The molecule has 1 aromatic heterocycles. The van der Waals surface area contributed by atoms with E-state index in [1.165, 1.54) is 71.6 Å². The lowest BCUT2D eigenvalue weighted by Gasteiger charge is -2.28. The zero-order chi connectivity index (χ0) is 32.7. The van der Waals surface area contributed by atoms with Gasteiger partial charge in [-0.25, -0.2) is 0 Å². The molecule has 1 aliphatic rings. The first kappa shape index (κ1) is 27.9. The van der Waals surface area contributed by atoms with Crippen molar-refractivity contribution in [2.75, 3.05) is 4.90 Å². The van der Waals surface area contributed by atoms with Gasteiger partial charge in [-0.1, -0.05) is 117 Å². The molecule has 1 aliphatic carbocycles. The highest BCUT2D eigenvalue weighted by molar-refractivity contribution is 6.25. The molecule has 49 heavy (non-hydrogen) atoms. The molecule has 0 amide bonds. The van der Waals surface area contributed by atoms with Gasteiger partial charge in [0.15, 0.2) is 0 Å². The molecule has 2 nitrogen and oxygen atoms in total. The number of anilines is 3. The summed E-state index contributed by atoms with van der Waals surface area (Å²) >= 11 is 0. The number of rotatable bonds is 5. The van der Waals surface area contributed by atoms with Crippen molar-refractivity contribution in [3.8, 4) is 27.9 Å². The number of para-hydroxylation sites is 2. The normalized spacial score (nSPS) is 13.3. The second-order valence-electron chi connectivity index (χ2n) is 13.8. The Bertz CT molecular complexity index is 2660. The molecule has 0 N–H and O–H groups in total.